The molecule has 0 rings (SSSR count). The zero-order chi connectivity index (χ0) is 17.8. The van der Waals surface area contributed by atoms with Crippen LogP contribution in [0, 0.1) is 11.8 Å². The van der Waals surface area contributed by atoms with Crippen molar-refractivity contribution in [2.24, 2.45) is 11.8 Å². The normalized spacial score (nSPS) is 13.5. The number of nitrogens with one attached hydrogen (secondary N) is 1. The first-order valence-electron chi connectivity index (χ1n) is 8.34. The predicted octanol–water partition coefficient (Wildman–Crippen LogP) is 1.63. The lowest BCUT2D eigenvalue weighted by Gasteiger charge is -2.20. The molecule has 2 atom stereocenters. The lowest BCUT2D eigenvalue weighted by Crippen LogP contribution is -2.36. The van der Waals surface area contributed by atoms with Crippen LogP contribution in [-0.4, -0.2) is 55.8 Å². The van der Waals surface area contributed by atoms with Crippen molar-refractivity contribution in [1.82, 2.24) is 10.2 Å². The SMILES string of the molecule is CC(C)COC(C)CCNC(=O)CCN(C)C(=O)C(C)CC=O. The van der Waals surface area contributed by atoms with Gasteiger partial charge in [-0.15, -0.1) is 0 Å². The Hall–Kier alpha value is -1.43. The first-order chi connectivity index (χ1) is 10.8. The standard InChI is InChI=1S/C17H32N2O4/c1-13(2)12-23-15(4)6-9-18-16(21)7-10-19(5)17(22)14(3)8-11-20/h11,13-15H,6-10,12H2,1-5H3,(H,18,21). The molecular weight excluding hydrogens is 296 g/mol. The molecule has 1 N–H and O–H groups in total. The van der Waals surface area contributed by atoms with Crippen molar-refractivity contribution in [3.63, 3.8) is 0 Å². The minimum absolute atomic E-state index is 0.0799. The van der Waals surface area contributed by atoms with Crippen LogP contribution < -0.4 is 5.32 Å². The fraction of sp³-hybridized carbons (Fsp3) is 0.824. The van der Waals surface area contributed by atoms with E-state index in [0.29, 0.717) is 19.0 Å². The molecule has 0 aromatic heterocycles. The Morgan fingerprint density at radius 2 is 1.87 bits per heavy atom. The van der Waals surface area contributed by atoms with E-state index in [4.69, 9.17) is 4.74 Å². The number of carbonyl (C=O) groups excluding carboxylic acids is 3. The highest BCUT2D eigenvalue weighted by Gasteiger charge is 2.17. The van der Waals surface area contributed by atoms with Gasteiger partial charge in [-0.1, -0.05) is 20.8 Å². The van der Waals surface area contributed by atoms with Crippen molar-refractivity contribution in [3.05, 3.63) is 0 Å². The average Bonchev–Trinajstić information content (AvgIpc) is 2.50. The molecule has 0 radical (unpaired) electrons. The summed E-state index contributed by atoms with van der Waals surface area (Å²) >= 11 is 0. The molecule has 0 saturated heterocycles. The van der Waals surface area contributed by atoms with Crippen LogP contribution in [0.3, 0.4) is 0 Å². The molecule has 0 saturated carbocycles. The van der Waals surface area contributed by atoms with E-state index in [-0.39, 0.29) is 36.7 Å². The van der Waals surface area contributed by atoms with E-state index < -0.39 is 0 Å². The van der Waals surface area contributed by atoms with Gasteiger partial charge < -0.3 is 19.7 Å². The van der Waals surface area contributed by atoms with Crippen LogP contribution in [0.25, 0.3) is 0 Å². The van der Waals surface area contributed by atoms with Crippen LogP contribution in [0.1, 0.15) is 47.0 Å². The second-order valence-corrected chi connectivity index (χ2v) is 6.49. The van der Waals surface area contributed by atoms with Crippen LogP contribution in [0.15, 0.2) is 0 Å². The summed E-state index contributed by atoms with van der Waals surface area (Å²) in [6.45, 7) is 9.55. The molecule has 0 aromatic carbocycles. The van der Waals surface area contributed by atoms with Gasteiger partial charge in [0.15, 0.2) is 0 Å². The molecule has 23 heavy (non-hydrogen) atoms. The maximum absolute atomic E-state index is 11.9. The third-order valence-electron chi connectivity index (χ3n) is 3.51. The Balaban J connectivity index is 3.86. The highest BCUT2D eigenvalue weighted by molar-refractivity contribution is 5.81. The number of hydrogen-bond acceptors (Lipinski definition) is 4. The molecule has 2 amide bonds. The van der Waals surface area contributed by atoms with Gasteiger partial charge in [0.2, 0.25) is 11.8 Å². The highest BCUT2D eigenvalue weighted by atomic mass is 16.5. The number of aldehydes is 1. The van der Waals surface area contributed by atoms with Gasteiger partial charge in [-0.2, -0.15) is 0 Å². The Morgan fingerprint density at radius 3 is 2.43 bits per heavy atom. The van der Waals surface area contributed by atoms with Crippen molar-refractivity contribution in [3.8, 4) is 0 Å². The molecule has 0 fully saturated rings. The Morgan fingerprint density at radius 1 is 1.22 bits per heavy atom. The Labute approximate surface area is 139 Å². The van der Waals surface area contributed by atoms with Gasteiger partial charge in [-0.3, -0.25) is 9.59 Å². The molecule has 0 aliphatic carbocycles. The van der Waals surface area contributed by atoms with Crippen LogP contribution in [0.4, 0.5) is 0 Å². The third kappa shape index (κ3) is 10.8. The molecular formula is C17H32N2O4. The van der Waals surface area contributed by atoms with Gasteiger partial charge >= 0.3 is 0 Å². The number of carbonyl (C=O) groups is 3. The largest absolute Gasteiger partial charge is 0.378 e. The molecule has 0 aliphatic heterocycles. The van der Waals surface area contributed by atoms with E-state index in [0.717, 1.165) is 19.3 Å². The summed E-state index contributed by atoms with van der Waals surface area (Å²) in [5.74, 6) is -0.0226. The molecule has 2 unspecified atom stereocenters. The summed E-state index contributed by atoms with van der Waals surface area (Å²) in [5.41, 5.74) is 0. The number of hydrogen-bond donors (Lipinski definition) is 1. The first kappa shape index (κ1) is 21.6. The number of nitrogens with zero attached hydrogens (tertiary/aromatic N) is 1. The Bertz CT molecular complexity index is 372. The van der Waals surface area contributed by atoms with Crippen LogP contribution >= 0.6 is 0 Å². The van der Waals surface area contributed by atoms with Crippen LogP contribution in [0.2, 0.25) is 0 Å². The van der Waals surface area contributed by atoms with Gasteiger partial charge in [0.1, 0.15) is 6.29 Å². The van der Waals surface area contributed by atoms with Crippen molar-refractivity contribution < 1.29 is 19.1 Å². The maximum Gasteiger partial charge on any atom is 0.225 e. The highest BCUT2D eigenvalue weighted by Crippen LogP contribution is 2.05. The zero-order valence-electron chi connectivity index (χ0n) is 15.1. The molecule has 0 aliphatic rings. The maximum atomic E-state index is 11.9. The third-order valence-corrected chi connectivity index (χ3v) is 3.51. The second-order valence-electron chi connectivity index (χ2n) is 6.49. The molecule has 0 heterocycles. The number of ether oxygens (including phenoxy) is 1. The molecule has 134 valence electrons. The Kier molecular flexibility index (Phi) is 11.3. The monoisotopic (exact) mass is 328 g/mol. The minimum atomic E-state index is -0.334. The van der Waals surface area contributed by atoms with Gasteiger partial charge in [-0.25, -0.2) is 0 Å². The van der Waals surface area contributed by atoms with Crippen molar-refractivity contribution in [1.29, 1.82) is 0 Å². The van der Waals surface area contributed by atoms with Crippen molar-refractivity contribution in [2.45, 2.75) is 53.1 Å². The van der Waals surface area contributed by atoms with E-state index in [1.165, 1.54) is 4.90 Å². The first-order valence-corrected chi connectivity index (χ1v) is 8.34. The van der Waals surface area contributed by atoms with E-state index >= 15 is 0 Å². The zero-order valence-corrected chi connectivity index (χ0v) is 15.1. The molecule has 0 spiro atoms. The van der Waals surface area contributed by atoms with Crippen molar-refractivity contribution >= 4 is 18.1 Å². The topological polar surface area (TPSA) is 75.7 Å². The molecule has 6 heteroatoms. The summed E-state index contributed by atoms with van der Waals surface area (Å²) < 4.78 is 5.63. The lowest BCUT2D eigenvalue weighted by molar-refractivity contribution is -0.135. The van der Waals surface area contributed by atoms with E-state index in [9.17, 15) is 14.4 Å². The van der Waals surface area contributed by atoms with Gasteiger partial charge in [-0.05, 0) is 19.3 Å². The van der Waals surface area contributed by atoms with Gasteiger partial charge in [0.05, 0.1) is 6.10 Å². The summed E-state index contributed by atoms with van der Waals surface area (Å²) in [6.07, 6.45) is 2.10. The number of amides is 2. The number of rotatable bonds is 12. The van der Waals surface area contributed by atoms with E-state index in [1.807, 2.05) is 6.92 Å². The second kappa shape index (κ2) is 12.0. The van der Waals surface area contributed by atoms with Crippen LogP contribution in [-0.2, 0) is 19.1 Å². The fourth-order valence-electron chi connectivity index (χ4n) is 1.94. The lowest BCUT2D eigenvalue weighted by atomic mass is 10.1. The smallest absolute Gasteiger partial charge is 0.225 e. The molecule has 0 bridgehead atoms. The van der Waals surface area contributed by atoms with E-state index in [2.05, 4.69) is 19.2 Å². The average molecular weight is 328 g/mol. The summed E-state index contributed by atoms with van der Waals surface area (Å²) in [7, 11) is 1.65. The summed E-state index contributed by atoms with van der Waals surface area (Å²) in [4.78, 5) is 35.6. The van der Waals surface area contributed by atoms with Gasteiger partial charge in [0.25, 0.3) is 0 Å². The van der Waals surface area contributed by atoms with E-state index in [1.54, 1.807) is 14.0 Å². The quantitative estimate of drug-likeness (QED) is 0.553. The predicted molar refractivity (Wildman–Crippen MR) is 90.0 cm³/mol. The molecule has 0 aromatic rings. The van der Waals surface area contributed by atoms with Crippen molar-refractivity contribution in [2.75, 3.05) is 26.7 Å². The molecule has 6 nitrogen and oxygen atoms in total. The summed E-state index contributed by atoms with van der Waals surface area (Å²) in [5, 5.41) is 2.84. The minimum Gasteiger partial charge on any atom is -0.378 e. The summed E-state index contributed by atoms with van der Waals surface area (Å²) in [6, 6.07) is 0. The fourth-order valence-corrected chi connectivity index (χ4v) is 1.94. The van der Waals surface area contributed by atoms with Gasteiger partial charge in [0, 0.05) is 45.5 Å². The van der Waals surface area contributed by atoms with Crippen LogP contribution in [0.5, 0.6) is 0 Å².